The summed E-state index contributed by atoms with van der Waals surface area (Å²) >= 11 is 0. The van der Waals surface area contributed by atoms with Crippen LogP contribution in [0.25, 0.3) is 21.5 Å². The van der Waals surface area contributed by atoms with Crippen molar-refractivity contribution >= 4 is 83.5 Å². The van der Waals surface area contributed by atoms with Crippen molar-refractivity contribution in [3.8, 4) is 0 Å². The molecule has 19 heteroatoms. The van der Waals surface area contributed by atoms with Crippen molar-refractivity contribution in [2.45, 2.75) is 0 Å². The van der Waals surface area contributed by atoms with E-state index in [1.165, 1.54) is 42.7 Å². The first-order chi connectivity index (χ1) is 27.9. The number of hydrogen-bond donors (Lipinski definition) is 0. The number of fused-ring (bicyclic) bond motifs is 14. The molecule has 286 valence electrons. The third-order valence-corrected chi connectivity index (χ3v) is 19.4. The summed E-state index contributed by atoms with van der Waals surface area (Å²) in [6.45, 7) is 0. The molecule has 6 heterocycles. The lowest BCUT2D eigenvalue weighted by Crippen LogP contribution is -2.73. The van der Waals surface area contributed by atoms with Gasteiger partial charge in [0.05, 0.1) is 0 Å². The van der Waals surface area contributed by atoms with Crippen LogP contribution in [0, 0.1) is 0 Å². The van der Waals surface area contributed by atoms with Gasteiger partial charge in [0.1, 0.15) is 22.6 Å². The van der Waals surface area contributed by atoms with Gasteiger partial charge in [0, 0.05) is 86.5 Å². The van der Waals surface area contributed by atoms with Gasteiger partial charge in [0.25, 0.3) is 0 Å². The Kier molecular flexibility index (Phi) is 8.40. The predicted molar refractivity (Wildman–Crippen MR) is 217 cm³/mol. The summed E-state index contributed by atoms with van der Waals surface area (Å²) in [7, 11) is -4.68. The van der Waals surface area contributed by atoms with Gasteiger partial charge in [-0.25, -0.2) is 30.0 Å². The predicted octanol–water partition coefficient (Wildman–Crippen LogP) is 4.15. The smallest absolute Gasteiger partial charge is 0.355 e. The number of benzene rings is 4. The van der Waals surface area contributed by atoms with Gasteiger partial charge in [-0.05, 0) is 0 Å². The molecule has 0 N–H and O–H groups in total. The monoisotopic (exact) mass is 814 g/mol. The minimum atomic E-state index is -4.91. The van der Waals surface area contributed by atoms with E-state index in [1.54, 1.807) is 0 Å². The summed E-state index contributed by atoms with van der Waals surface area (Å²) in [6.07, 6.45) is 0. The molecule has 10 rings (SSSR count). The number of aromatic nitrogens is 2. The second-order valence-corrected chi connectivity index (χ2v) is 21.2. The number of nitrogens with zero attached hydrogens (tertiary/aromatic N) is 8. The average Bonchev–Trinajstić information content (AvgIpc) is 3.98. The van der Waals surface area contributed by atoms with Crippen molar-refractivity contribution in [3.63, 3.8) is 0 Å². The van der Waals surface area contributed by atoms with Crippen molar-refractivity contribution in [2.24, 2.45) is 30.0 Å². The fourth-order valence-electron chi connectivity index (χ4n) is 7.71. The molecule has 0 atom stereocenters. The van der Waals surface area contributed by atoms with Crippen LogP contribution in [-0.2, 0) is 34.8 Å². The van der Waals surface area contributed by atoms with Gasteiger partial charge >= 0.3 is 27.0 Å². The second-order valence-electron chi connectivity index (χ2n) is 13.1. The van der Waals surface area contributed by atoms with Crippen LogP contribution in [0.2, 0.25) is 0 Å². The molecular weight excluding hydrogens is 781 g/mol. The summed E-state index contributed by atoms with van der Waals surface area (Å²) in [5.74, 6) is 2.46. The van der Waals surface area contributed by atoms with Gasteiger partial charge in [0.15, 0.2) is 23.3 Å². The maximum absolute atomic E-state index is 7.48. The minimum Gasteiger partial charge on any atom is -0.355 e. The molecule has 6 bridgehead atoms. The third kappa shape index (κ3) is 5.13. The number of hydrogen-bond acceptors (Lipinski definition) is 14. The van der Waals surface area contributed by atoms with Crippen molar-refractivity contribution in [2.75, 3.05) is 42.7 Å². The molecule has 0 spiro atoms. The van der Waals surface area contributed by atoms with E-state index in [-0.39, 0.29) is 0 Å². The van der Waals surface area contributed by atoms with Gasteiger partial charge in [-0.3, -0.25) is 8.47 Å². The van der Waals surface area contributed by atoms with E-state index in [0.717, 1.165) is 22.3 Å². The van der Waals surface area contributed by atoms with E-state index < -0.39 is 27.0 Å². The molecular formula is C38H34N8O8Si3. The first-order valence-electron chi connectivity index (χ1n) is 17.8. The normalized spacial score (nSPS) is 16.2. The third-order valence-electron chi connectivity index (χ3n) is 10.3. The van der Waals surface area contributed by atoms with E-state index in [0.29, 0.717) is 67.5 Å². The molecule has 4 aromatic carbocycles. The highest BCUT2D eigenvalue weighted by Gasteiger charge is 2.67. The van der Waals surface area contributed by atoms with Crippen LogP contribution in [0.15, 0.2) is 127 Å². The molecule has 0 aliphatic carbocycles. The van der Waals surface area contributed by atoms with Crippen molar-refractivity contribution in [1.29, 1.82) is 0 Å². The Morgan fingerprint density at radius 1 is 0.386 bits per heavy atom. The highest BCUT2D eigenvalue weighted by atomic mass is 28.5. The Morgan fingerprint density at radius 2 is 0.702 bits per heavy atom. The fraction of sp³-hybridized carbons (Fsp3) is 0.158. The van der Waals surface area contributed by atoms with Gasteiger partial charge < -0.3 is 34.8 Å². The Labute approximate surface area is 328 Å². The molecule has 4 aliphatic rings. The van der Waals surface area contributed by atoms with E-state index >= 15 is 0 Å². The number of rotatable bonds is 10. The molecule has 0 saturated carbocycles. The summed E-state index contributed by atoms with van der Waals surface area (Å²) in [6, 6.07) is 31.3. The quantitative estimate of drug-likeness (QED) is 0.187. The molecule has 0 saturated heterocycles. The van der Waals surface area contributed by atoms with Gasteiger partial charge in [-0.1, -0.05) is 97.1 Å². The Bertz CT molecular complexity index is 2730. The lowest BCUT2D eigenvalue weighted by Gasteiger charge is -2.40. The Morgan fingerprint density at radius 3 is 1.05 bits per heavy atom. The van der Waals surface area contributed by atoms with E-state index in [1.807, 2.05) is 106 Å². The van der Waals surface area contributed by atoms with Crippen LogP contribution in [-0.4, -0.2) is 101 Å². The topological polar surface area (TPSA) is 158 Å². The maximum atomic E-state index is 7.48. The fourth-order valence-corrected chi connectivity index (χ4v) is 17.3. The highest BCUT2D eigenvalue weighted by Crippen LogP contribution is 2.45. The van der Waals surface area contributed by atoms with Crippen molar-refractivity contribution < 1.29 is 34.8 Å². The van der Waals surface area contributed by atoms with Crippen LogP contribution in [0.1, 0.15) is 22.3 Å². The molecule has 0 radical (unpaired) electrons. The summed E-state index contributed by atoms with van der Waals surface area (Å²) in [4.78, 5) is 31.7. The number of amidine groups is 4. The summed E-state index contributed by atoms with van der Waals surface area (Å²) in [5, 5.41) is 2.82. The van der Waals surface area contributed by atoms with Crippen LogP contribution < -0.4 is 11.0 Å². The first-order valence-corrected chi connectivity index (χ1v) is 22.8. The average molecular weight is 815 g/mol. The Hall–Kier alpha value is -5.43. The molecule has 16 nitrogen and oxygen atoms in total. The molecule has 0 fully saturated rings. The molecule has 57 heavy (non-hydrogen) atoms. The van der Waals surface area contributed by atoms with Crippen LogP contribution >= 0.6 is 0 Å². The molecule has 0 amide bonds. The van der Waals surface area contributed by atoms with Crippen molar-refractivity contribution in [3.05, 3.63) is 130 Å². The summed E-state index contributed by atoms with van der Waals surface area (Å²) < 4.78 is 55.2. The largest absolute Gasteiger partial charge is 0.672 e. The van der Waals surface area contributed by atoms with E-state index in [9.17, 15) is 0 Å². The highest BCUT2D eigenvalue weighted by molar-refractivity contribution is 6.80. The Balaban J connectivity index is 1.55. The van der Waals surface area contributed by atoms with Crippen LogP contribution in [0.4, 0.5) is 11.6 Å². The van der Waals surface area contributed by atoms with Crippen LogP contribution in [0.3, 0.4) is 0 Å². The maximum Gasteiger partial charge on any atom is 0.672 e. The van der Waals surface area contributed by atoms with Gasteiger partial charge in [-0.15, -0.1) is 0 Å². The SMILES string of the molecule is CO[Si](OC)(OC)O[Si]1(O[Si](OC)(OC)OC)n2c3c4ccccc4c2N=C2N=C(N=c4c5ccccc5c(n41)=NC1=NC(=N3)c3ccccc31)c1ccccc12. The standard InChI is InChI=1S/C38H34N8O8Si3/c1-47-56(48-2,49-3)53-55(54-57(50-4,51-5)52-6)45-35-27-19-11-12-20-28(27)37(45)43-33-25-17-9-10-18-26(25)34(40-33)44-38-30-22-14-13-21-29(30)36(46(38)55)42-32-24-16-8-7-15-23(24)31(39-32)41-35/h7-22H,1-6H3. The lowest BCUT2D eigenvalue weighted by atomic mass is 10.1. The second kappa shape index (κ2) is 13.3. The zero-order valence-corrected chi connectivity index (χ0v) is 34.6. The molecule has 4 aliphatic heterocycles. The zero-order valence-electron chi connectivity index (χ0n) is 31.6. The van der Waals surface area contributed by atoms with Gasteiger partial charge in [0.2, 0.25) is 0 Å². The van der Waals surface area contributed by atoms with E-state index in [2.05, 4.69) is 0 Å². The van der Waals surface area contributed by atoms with Crippen LogP contribution in [0.5, 0.6) is 0 Å². The van der Waals surface area contributed by atoms with Gasteiger partial charge in [-0.2, -0.15) is 0 Å². The van der Waals surface area contributed by atoms with Crippen molar-refractivity contribution in [1.82, 2.24) is 8.47 Å². The molecule has 2 aromatic heterocycles. The molecule has 0 unspecified atom stereocenters. The summed E-state index contributed by atoms with van der Waals surface area (Å²) in [5.41, 5.74) is 3.92. The van der Waals surface area contributed by atoms with E-state index in [4.69, 9.17) is 64.7 Å². The first kappa shape index (κ1) is 35.9. The lowest BCUT2D eigenvalue weighted by molar-refractivity contribution is 0.00892. The minimum absolute atomic E-state index is 0.386. The molecule has 6 aromatic rings. The zero-order chi connectivity index (χ0) is 39.1. The number of aliphatic imine (C=N–C) groups is 4.